The molecule has 2 rings (SSSR count). The van der Waals surface area contributed by atoms with E-state index in [-0.39, 0.29) is 6.04 Å². The minimum Gasteiger partial charge on any atom is -0.489 e. The SMILES string of the molecule is CC(C)=CCN(CC(C)NC(=O)OC(C)(C)C)c1ccc(OCc2ccccc2)cc1. The van der Waals surface area contributed by atoms with E-state index in [1.807, 2.05) is 58.0 Å². The predicted octanol–water partition coefficient (Wildman–Crippen LogP) is 5.95. The number of alkyl carbamates (subject to hydrolysis) is 1. The number of rotatable bonds is 9. The van der Waals surface area contributed by atoms with Crippen molar-refractivity contribution in [1.29, 1.82) is 0 Å². The maximum absolute atomic E-state index is 12.1. The number of nitrogens with one attached hydrogen (secondary N) is 1. The van der Waals surface area contributed by atoms with Crippen LogP contribution in [0.3, 0.4) is 0 Å². The van der Waals surface area contributed by atoms with E-state index in [0.29, 0.717) is 13.2 Å². The van der Waals surface area contributed by atoms with Crippen LogP contribution < -0.4 is 15.0 Å². The van der Waals surface area contributed by atoms with Crippen LogP contribution in [0.15, 0.2) is 66.2 Å². The first kappa shape index (κ1) is 24.3. The van der Waals surface area contributed by atoms with E-state index in [4.69, 9.17) is 9.47 Å². The molecule has 1 N–H and O–H groups in total. The zero-order chi connectivity index (χ0) is 22.9. The van der Waals surface area contributed by atoms with E-state index in [1.165, 1.54) is 5.57 Å². The van der Waals surface area contributed by atoms with Crippen molar-refractivity contribution in [2.75, 3.05) is 18.0 Å². The van der Waals surface area contributed by atoms with E-state index in [1.54, 1.807) is 0 Å². The number of ether oxygens (including phenoxy) is 2. The van der Waals surface area contributed by atoms with Crippen LogP contribution in [0.4, 0.5) is 10.5 Å². The standard InChI is InChI=1S/C26H36N2O3/c1-20(2)16-17-28(18-21(3)27-25(29)31-26(4,5)6)23-12-14-24(15-13-23)30-19-22-10-8-7-9-11-22/h7-16,21H,17-19H2,1-6H3,(H,27,29). The Morgan fingerprint density at radius 1 is 1.06 bits per heavy atom. The summed E-state index contributed by atoms with van der Waals surface area (Å²) in [5.41, 5.74) is 2.95. The van der Waals surface area contributed by atoms with E-state index >= 15 is 0 Å². The molecule has 0 aliphatic carbocycles. The Hall–Kier alpha value is -2.95. The first-order valence-electron chi connectivity index (χ1n) is 10.8. The second-order valence-electron chi connectivity index (χ2n) is 9.00. The van der Waals surface area contributed by atoms with Crippen molar-refractivity contribution in [2.45, 2.75) is 59.8 Å². The van der Waals surface area contributed by atoms with Crippen LogP contribution in [0.2, 0.25) is 0 Å². The van der Waals surface area contributed by atoms with Crippen molar-refractivity contribution in [3.63, 3.8) is 0 Å². The third-order valence-electron chi connectivity index (χ3n) is 4.43. The van der Waals surface area contributed by atoms with Gasteiger partial charge in [-0.25, -0.2) is 4.79 Å². The molecule has 2 aromatic rings. The van der Waals surface area contributed by atoms with Gasteiger partial charge in [-0.15, -0.1) is 0 Å². The summed E-state index contributed by atoms with van der Waals surface area (Å²) in [5.74, 6) is 0.828. The van der Waals surface area contributed by atoms with Crippen molar-refractivity contribution in [1.82, 2.24) is 5.32 Å². The topological polar surface area (TPSA) is 50.8 Å². The number of amides is 1. The van der Waals surface area contributed by atoms with Crippen LogP contribution in [0.25, 0.3) is 0 Å². The fourth-order valence-corrected chi connectivity index (χ4v) is 2.96. The molecule has 5 nitrogen and oxygen atoms in total. The number of benzene rings is 2. The Balaban J connectivity index is 2.01. The molecular formula is C26H36N2O3. The van der Waals surface area contributed by atoms with E-state index in [9.17, 15) is 4.79 Å². The second-order valence-corrected chi connectivity index (χ2v) is 9.00. The highest BCUT2D eigenvalue weighted by molar-refractivity contribution is 5.68. The molecule has 0 saturated carbocycles. The summed E-state index contributed by atoms with van der Waals surface area (Å²) in [6, 6.07) is 18.1. The molecule has 31 heavy (non-hydrogen) atoms. The van der Waals surface area contributed by atoms with Crippen molar-refractivity contribution in [3.8, 4) is 5.75 Å². The molecule has 0 aliphatic heterocycles. The molecule has 0 aliphatic rings. The number of anilines is 1. The Bertz CT molecular complexity index is 835. The average molecular weight is 425 g/mol. The van der Waals surface area contributed by atoms with Gasteiger partial charge in [0.25, 0.3) is 0 Å². The lowest BCUT2D eigenvalue weighted by molar-refractivity contribution is 0.0510. The largest absolute Gasteiger partial charge is 0.489 e. The Morgan fingerprint density at radius 2 is 1.71 bits per heavy atom. The van der Waals surface area contributed by atoms with Gasteiger partial charge in [-0.2, -0.15) is 0 Å². The van der Waals surface area contributed by atoms with E-state index in [2.05, 4.69) is 54.4 Å². The number of carbonyl (C=O) groups is 1. The van der Waals surface area contributed by atoms with Gasteiger partial charge in [-0.05, 0) is 71.4 Å². The van der Waals surface area contributed by atoms with Gasteiger partial charge in [-0.3, -0.25) is 0 Å². The van der Waals surface area contributed by atoms with Crippen molar-refractivity contribution >= 4 is 11.8 Å². The normalized spacial score (nSPS) is 11.9. The van der Waals surface area contributed by atoms with Gasteiger partial charge in [0.1, 0.15) is 18.0 Å². The van der Waals surface area contributed by atoms with E-state index in [0.717, 1.165) is 23.5 Å². The van der Waals surface area contributed by atoms with Crippen molar-refractivity contribution in [3.05, 3.63) is 71.8 Å². The molecule has 0 saturated heterocycles. The smallest absolute Gasteiger partial charge is 0.407 e. The lowest BCUT2D eigenvalue weighted by Crippen LogP contribution is -2.44. The first-order valence-corrected chi connectivity index (χ1v) is 10.8. The predicted molar refractivity (Wildman–Crippen MR) is 128 cm³/mol. The zero-order valence-electron chi connectivity index (χ0n) is 19.6. The first-order chi connectivity index (χ1) is 14.6. The number of nitrogens with zero attached hydrogens (tertiary/aromatic N) is 1. The molecule has 0 spiro atoms. The minimum absolute atomic E-state index is 0.0746. The number of hydrogen-bond donors (Lipinski definition) is 1. The van der Waals surface area contributed by atoms with Crippen molar-refractivity contribution in [2.24, 2.45) is 0 Å². The average Bonchev–Trinajstić information content (AvgIpc) is 2.69. The van der Waals surface area contributed by atoms with Gasteiger partial charge in [0, 0.05) is 24.8 Å². The molecule has 0 heterocycles. The lowest BCUT2D eigenvalue weighted by atomic mass is 10.2. The van der Waals surface area contributed by atoms with Crippen LogP contribution in [0, 0.1) is 0 Å². The molecule has 0 fully saturated rings. The Kier molecular flexibility index (Phi) is 8.98. The Morgan fingerprint density at radius 3 is 2.29 bits per heavy atom. The molecular weight excluding hydrogens is 388 g/mol. The van der Waals surface area contributed by atoms with Crippen LogP contribution in [0.1, 0.15) is 47.1 Å². The third kappa shape index (κ3) is 9.60. The molecule has 168 valence electrons. The number of hydrogen-bond acceptors (Lipinski definition) is 4. The van der Waals surface area contributed by atoms with Gasteiger partial charge in [0.05, 0.1) is 0 Å². The van der Waals surface area contributed by atoms with Crippen LogP contribution in [0.5, 0.6) is 5.75 Å². The summed E-state index contributed by atoms with van der Waals surface area (Å²) in [6.45, 7) is 13.7. The summed E-state index contributed by atoms with van der Waals surface area (Å²) < 4.78 is 11.3. The molecule has 5 heteroatoms. The lowest BCUT2D eigenvalue weighted by Gasteiger charge is -2.28. The minimum atomic E-state index is -0.513. The van der Waals surface area contributed by atoms with Crippen LogP contribution >= 0.6 is 0 Å². The van der Waals surface area contributed by atoms with Crippen LogP contribution in [-0.2, 0) is 11.3 Å². The summed E-state index contributed by atoms with van der Waals surface area (Å²) in [4.78, 5) is 14.3. The second kappa shape index (κ2) is 11.4. The van der Waals surface area contributed by atoms with Gasteiger partial charge < -0.3 is 19.7 Å². The molecule has 0 bridgehead atoms. The van der Waals surface area contributed by atoms with Gasteiger partial charge in [0.2, 0.25) is 0 Å². The van der Waals surface area contributed by atoms with Gasteiger partial charge >= 0.3 is 6.09 Å². The van der Waals surface area contributed by atoms with Gasteiger partial charge in [-0.1, -0.05) is 42.0 Å². The van der Waals surface area contributed by atoms with E-state index < -0.39 is 11.7 Å². The summed E-state index contributed by atoms with van der Waals surface area (Å²) in [7, 11) is 0. The fraction of sp³-hybridized carbons (Fsp3) is 0.423. The van der Waals surface area contributed by atoms with Crippen molar-refractivity contribution < 1.29 is 14.3 Å². The summed E-state index contributed by atoms with van der Waals surface area (Å²) in [5, 5.41) is 2.93. The summed E-state index contributed by atoms with van der Waals surface area (Å²) >= 11 is 0. The zero-order valence-corrected chi connectivity index (χ0v) is 19.6. The summed E-state index contributed by atoms with van der Waals surface area (Å²) in [6.07, 6.45) is 1.78. The third-order valence-corrected chi connectivity index (χ3v) is 4.43. The highest BCUT2D eigenvalue weighted by Gasteiger charge is 2.19. The highest BCUT2D eigenvalue weighted by Crippen LogP contribution is 2.21. The molecule has 1 atom stereocenters. The highest BCUT2D eigenvalue weighted by atomic mass is 16.6. The maximum atomic E-state index is 12.1. The quantitative estimate of drug-likeness (QED) is 0.505. The van der Waals surface area contributed by atoms with Gasteiger partial charge in [0.15, 0.2) is 0 Å². The molecule has 1 amide bonds. The molecule has 0 aromatic heterocycles. The molecule has 2 aromatic carbocycles. The van der Waals surface area contributed by atoms with Crippen LogP contribution in [-0.4, -0.2) is 30.8 Å². The molecule has 0 radical (unpaired) electrons. The fourth-order valence-electron chi connectivity index (χ4n) is 2.96. The molecule has 1 unspecified atom stereocenters. The number of carbonyl (C=O) groups excluding carboxylic acids is 1. The monoisotopic (exact) mass is 424 g/mol. The number of allylic oxidation sites excluding steroid dienone is 1. The maximum Gasteiger partial charge on any atom is 0.407 e. The Labute approximate surface area is 187 Å².